The average molecular weight is 824 g/mol. The highest BCUT2D eigenvalue weighted by Crippen LogP contribution is 2.23. The molecule has 1 amide bonds. The standard InChI is InChI=1S/C47H85NO10/c1-3-5-7-9-11-13-15-17-19-21-22-24-26-28-30-32-34-39(50)42(52)38(37-57-47-45(55)44(54)43(53)41(36-49)58-47)48-46(56)40(51)35-33-31-29-27-25-23-20-18-16-14-12-10-8-6-4-2/h11,13,19-21,23,26,28,38-45,47,49-55H,3-10,12,14-18,22,24-25,27,29-37H2,1-2H3,(H,48,56)/b13-11+,21-19+,23-20-,28-26+. The van der Waals surface area contributed by atoms with E-state index in [2.05, 4.69) is 67.8 Å². The van der Waals surface area contributed by atoms with Gasteiger partial charge in [0.05, 0.1) is 25.4 Å². The van der Waals surface area contributed by atoms with E-state index in [4.69, 9.17) is 9.47 Å². The Morgan fingerprint density at radius 2 is 1.03 bits per heavy atom. The van der Waals surface area contributed by atoms with Crippen LogP contribution in [0.3, 0.4) is 0 Å². The van der Waals surface area contributed by atoms with Crippen LogP contribution in [0, 0.1) is 0 Å². The van der Waals surface area contributed by atoms with Crippen molar-refractivity contribution < 1.29 is 50.0 Å². The van der Waals surface area contributed by atoms with Crippen LogP contribution in [0.2, 0.25) is 0 Å². The molecule has 11 nitrogen and oxygen atoms in total. The molecule has 0 aliphatic carbocycles. The zero-order valence-electron chi connectivity index (χ0n) is 36.3. The maximum absolute atomic E-state index is 13.1. The summed E-state index contributed by atoms with van der Waals surface area (Å²) in [5.74, 6) is -0.724. The summed E-state index contributed by atoms with van der Waals surface area (Å²) in [7, 11) is 0. The monoisotopic (exact) mass is 824 g/mol. The molecular weight excluding hydrogens is 739 g/mol. The lowest BCUT2D eigenvalue weighted by molar-refractivity contribution is -0.303. The third-order valence-electron chi connectivity index (χ3n) is 10.8. The molecule has 11 heteroatoms. The molecule has 0 aromatic heterocycles. The third kappa shape index (κ3) is 26.3. The van der Waals surface area contributed by atoms with Crippen LogP contribution in [0.15, 0.2) is 48.6 Å². The lowest BCUT2D eigenvalue weighted by atomic mass is 9.98. The molecule has 0 radical (unpaired) electrons. The van der Waals surface area contributed by atoms with Gasteiger partial charge in [0.15, 0.2) is 6.29 Å². The van der Waals surface area contributed by atoms with Gasteiger partial charge in [-0.2, -0.15) is 0 Å². The fourth-order valence-corrected chi connectivity index (χ4v) is 6.94. The summed E-state index contributed by atoms with van der Waals surface area (Å²) < 4.78 is 11.1. The minimum atomic E-state index is -1.67. The Labute approximate surface area is 351 Å². The molecule has 1 heterocycles. The van der Waals surface area contributed by atoms with Gasteiger partial charge in [-0.25, -0.2) is 0 Å². The molecule has 1 fully saturated rings. The van der Waals surface area contributed by atoms with Crippen LogP contribution in [0.4, 0.5) is 0 Å². The van der Waals surface area contributed by atoms with Crippen molar-refractivity contribution in [1.29, 1.82) is 0 Å². The summed E-state index contributed by atoms with van der Waals surface area (Å²) in [5.41, 5.74) is 0. The van der Waals surface area contributed by atoms with Crippen LogP contribution in [0.1, 0.15) is 174 Å². The minimum Gasteiger partial charge on any atom is -0.394 e. The highest BCUT2D eigenvalue weighted by atomic mass is 16.7. The molecule has 0 bridgehead atoms. The number of allylic oxidation sites excluding steroid dienone is 8. The number of amides is 1. The van der Waals surface area contributed by atoms with Gasteiger partial charge in [-0.05, 0) is 89.9 Å². The number of rotatable bonds is 37. The first kappa shape index (κ1) is 54.1. The number of hydrogen-bond acceptors (Lipinski definition) is 10. The smallest absolute Gasteiger partial charge is 0.249 e. The fraction of sp³-hybridized carbons (Fsp3) is 0.809. The van der Waals surface area contributed by atoms with E-state index < -0.39 is 74.2 Å². The highest BCUT2D eigenvalue weighted by molar-refractivity contribution is 5.80. The number of aliphatic hydroxyl groups is 7. The van der Waals surface area contributed by atoms with Crippen LogP contribution in [-0.4, -0.2) is 110 Å². The van der Waals surface area contributed by atoms with Gasteiger partial charge in [0.2, 0.25) is 5.91 Å². The van der Waals surface area contributed by atoms with E-state index in [0.717, 1.165) is 64.2 Å². The van der Waals surface area contributed by atoms with Gasteiger partial charge >= 0.3 is 0 Å². The second-order valence-corrected chi connectivity index (χ2v) is 16.1. The predicted molar refractivity (Wildman–Crippen MR) is 233 cm³/mol. The van der Waals surface area contributed by atoms with Gasteiger partial charge in [0.25, 0.3) is 0 Å². The minimum absolute atomic E-state index is 0.234. The summed E-state index contributed by atoms with van der Waals surface area (Å²) in [5, 5.41) is 75.6. The molecule has 1 saturated heterocycles. The van der Waals surface area contributed by atoms with Gasteiger partial charge in [0, 0.05) is 0 Å². The molecule has 0 saturated carbocycles. The molecule has 0 spiro atoms. The van der Waals surface area contributed by atoms with Crippen molar-refractivity contribution in [2.45, 2.75) is 229 Å². The Morgan fingerprint density at radius 1 is 0.586 bits per heavy atom. The van der Waals surface area contributed by atoms with Gasteiger partial charge in [-0.15, -0.1) is 0 Å². The second-order valence-electron chi connectivity index (χ2n) is 16.1. The van der Waals surface area contributed by atoms with Crippen molar-refractivity contribution in [2.75, 3.05) is 13.2 Å². The molecule has 1 aliphatic heterocycles. The first-order chi connectivity index (χ1) is 28.2. The second kappa shape index (κ2) is 36.9. The van der Waals surface area contributed by atoms with Crippen LogP contribution in [0.5, 0.6) is 0 Å². The quantitative estimate of drug-likeness (QED) is 0.0232. The molecule has 8 N–H and O–H groups in total. The van der Waals surface area contributed by atoms with Crippen molar-refractivity contribution in [3.63, 3.8) is 0 Å². The average Bonchev–Trinajstić information content (AvgIpc) is 3.22. The molecule has 58 heavy (non-hydrogen) atoms. The zero-order chi connectivity index (χ0) is 42.6. The Morgan fingerprint density at radius 3 is 1.57 bits per heavy atom. The molecular formula is C47H85NO10. The largest absolute Gasteiger partial charge is 0.394 e. The molecule has 1 aliphatic rings. The molecule has 338 valence electrons. The normalized spacial score (nSPS) is 22.4. The summed E-state index contributed by atoms with van der Waals surface area (Å²) in [6.45, 7) is 3.36. The highest BCUT2D eigenvalue weighted by Gasteiger charge is 2.44. The predicted octanol–water partition coefficient (Wildman–Crippen LogP) is 7.39. The van der Waals surface area contributed by atoms with E-state index in [-0.39, 0.29) is 12.8 Å². The van der Waals surface area contributed by atoms with Crippen molar-refractivity contribution in [3.8, 4) is 0 Å². The van der Waals surface area contributed by atoms with Crippen molar-refractivity contribution in [1.82, 2.24) is 5.32 Å². The number of ether oxygens (including phenoxy) is 2. The maximum atomic E-state index is 13.1. The number of carbonyl (C=O) groups excluding carboxylic acids is 1. The summed E-state index contributed by atoms with van der Waals surface area (Å²) in [6, 6.07) is -1.20. The van der Waals surface area contributed by atoms with Crippen LogP contribution in [-0.2, 0) is 14.3 Å². The third-order valence-corrected chi connectivity index (χ3v) is 10.8. The topological polar surface area (TPSA) is 189 Å². The van der Waals surface area contributed by atoms with Gasteiger partial charge in [0.1, 0.15) is 36.6 Å². The number of hydrogen-bond donors (Lipinski definition) is 8. The Kier molecular flexibility index (Phi) is 34.4. The first-order valence-corrected chi connectivity index (χ1v) is 23.0. The first-order valence-electron chi connectivity index (χ1n) is 23.0. The summed E-state index contributed by atoms with van der Waals surface area (Å²) in [4.78, 5) is 13.1. The van der Waals surface area contributed by atoms with Crippen molar-refractivity contribution >= 4 is 5.91 Å². The van der Waals surface area contributed by atoms with Crippen molar-refractivity contribution in [3.05, 3.63) is 48.6 Å². The molecule has 1 rings (SSSR count). The zero-order valence-corrected chi connectivity index (χ0v) is 36.3. The van der Waals surface area contributed by atoms with Gasteiger partial charge in [-0.1, -0.05) is 133 Å². The Balaban J connectivity index is 2.52. The molecule has 9 unspecified atom stereocenters. The lowest BCUT2D eigenvalue weighted by Crippen LogP contribution is -2.60. The molecule has 0 aromatic rings. The van der Waals surface area contributed by atoms with Gasteiger partial charge < -0.3 is 50.5 Å². The van der Waals surface area contributed by atoms with E-state index in [1.54, 1.807) is 0 Å². The van der Waals surface area contributed by atoms with Crippen molar-refractivity contribution in [2.24, 2.45) is 0 Å². The van der Waals surface area contributed by atoms with Gasteiger partial charge in [-0.3, -0.25) is 4.79 Å². The van der Waals surface area contributed by atoms with E-state index in [9.17, 15) is 40.5 Å². The molecule has 9 atom stereocenters. The van der Waals surface area contributed by atoms with E-state index in [1.165, 1.54) is 64.2 Å². The van der Waals surface area contributed by atoms with E-state index in [1.807, 2.05) is 0 Å². The lowest BCUT2D eigenvalue weighted by Gasteiger charge is -2.40. The molecule has 0 aromatic carbocycles. The SMILES string of the molecule is CCCCC/C=C/CC/C=C/CC/C=C/CCCC(O)C(O)C(COC1OC(CO)C(O)C(O)C1O)NC(=O)C(O)CCCCCC/C=C\CCCCCCCCC. The van der Waals surface area contributed by atoms with Crippen LogP contribution < -0.4 is 5.32 Å². The Hall–Kier alpha value is -1.93. The number of carbonyl (C=O) groups is 1. The van der Waals surface area contributed by atoms with Crippen LogP contribution >= 0.6 is 0 Å². The number of nitrogens with one attached hydrogen (secondary N) is 1. The fourth-order valence-electron chi connectivity index (χ4n) is 6.94. The number of unbranched alkanes of at least 4 members (excludes halogenated alkanes) is 17. The van der Waals surface area contributed by atoms with E-state index in [0.29, 0.717) is 19.3 Å². The summed E-state index contributed by atoms with van der Waals surface area (Å²) >= 11 is 0. The maximum Gasteiger partial charge on any atom is 0.249 e. The Bertz CT molecular complexity index is 1080. The van der Waals surface area contributed by atoms with Crippen LogP contribution in [0.25, 0.3) is 0 Å². The summed E-state index contributed by atoms with van der Waals surface area (Å²) in [6.07, 6.45) is 31.5. The number of aliphatic hydroxyl groups excluding tert-OH is 7. The van der Waals surface area contributed by atoms with E-state index >= 15 is 0 Å².